The molecule has 0 spiro atoms. The monoisotopic (exact) mass is 674 g/mol. The highest BCUT2D eigenvalue weighted by Crippen LogP contribution is 2.43. The largest absolute Gasteiger partial charge is 0.435 e. The lowest BCUT2D eigenvalue weighted by atomic mass is 10.1. The zero-order valence-electron chi connectivity index (χ0n) is 30.7. The summed E-state index contributed by atoms with van der Waals surface area (Å²) in [6, 6.07) is 7.64. The van der Waals surface area contributed by atoms with Gasteiger partial charge < -0.3 is 8.83 Å². The fraction of sp³-hybridized carbons (Fsp3) is 0.450. The average Bonchev–Trinajstić information content (AvgIpc) is 3.68. The highest BCUT2D eigenvalue weighted by atomic mass is 28.3. The van der Waals surface area contributed by atoms with E-state index in [2.05, 4.69) is 116 Å². The number of benzene rings is 1. The van der Waals surface area contributed by atoms with Crippen LogP contribution >= 0.6 is 0 Å². The second-order valence-electron chi connectivity index (χ2n) is 14.9. The normalized spacial score (nSPS) is 12.5. The lowest BCUT2D eigenvalue weighted by molar-refractivity contribution is 0.616. The highest BCUT2D eigenvalue weighted by molar-refractivity contribution is 6.91. The summed E-state index contributed by atoms with van der Waals surface area (Å²) in [7, 11) is -4.22. The Labute approximate surface area is 288 Å². The Balaban J connectivity index is 1.95. The maximum absolute atomic E-state index is 6.70. The molecule has 5 rings (SSSR count). The van der Waals surface area contributed by atoms with Crippen molar-refractivity contribution in [3.8, 4) is 45.8 Å². The number of hydrogen-bond donors (Lipinski definition) is 0. The van der Waals surface area contributed by atoms with E-state index in [1.54, 1.807) is 24.8 Å². The van der Waals surface area contributed by atoms with Crippen LogP contribution in [0.5, 0.6) is 0 Å². The molecule has 0 radical (unpaired) electrons. The van der Waals surface area contributed by atoms with Gasteiger partial charge in [0.1, 0.15) is 27.2 Å². The third kappa shape index (κ3) is 6.06. The molecule has 0 aliphatic rings. The summed E-state index contributed by atoms with van der Waals surface area (Å²) in [5.74, 6) is 8.38. The second kappa shape index (κ2) is 13.9. The summed E-state index contributed by atoms with van der Waals surface area (Å²) < 4.78 is 13.4. The van der Waals surface area contributed by atoms with Crippen molar-refractivity contribution >= 4 is 38.3 Å². The molecule has 0 fully saturated rings. The SMILES string of the molecule is CC(C)[Si](C#Cc1c2nc(-c3ccncc3)oc2c(C#C[Si](C(C)C)(C(C)C)C(C)C)c2nc(-c3ccncc3)oc12)(C(C)C)C(C)C. The van der Waals surface area contributed by atoms with E-state index in [4.69, 9.17) is 18.8 Å². The number of nitrogens with zero attached hydrogens (tertiary/aromatic N) is 4. The molecule has 5 aromatic rings. The molecule has 8 heteroatoms. The molecule has 4 aromatic heterocycles. The first-order chi connectivity index (χ1) is 22.7. The molecule has 0 unspecified atom stereocenters. The molecule has 0 saturated carbocycles. The highest BCUT2D eigenvalue weighted by Gasteiger charge is 2.43. The van der Waals surface area contributed by atoms with Crippen molar-refractivity contribution < 1.29 is 8.83 Å². The van der Waals surface area contributed by atoms with Gasteiger partial charge in [0, 0.05) is 35.9 Å². The maximum atomic E-state index is 6.70. The number of pyridine rings is 2. The van der Waals surface area contributed by atoms with Crippen molar-refractivity contribution in [2.75, 3.05) is 0 Å². The molecule has 0 aliphatic carbocycles. The molecule has 0 atom stereocenters. The smallest absolute Gasteiger partial charge is 0.227 e. The molecule has 4 heterocycles. The zero-order valence-corrected chi connectivity index (χ0v) is 32.7. The van der Waals surface area contributed by atoms with Gasteiger partial charge in [0.05, 0.1) is 11.1 Å². The van der Waals surface area contributed by atoms with Crippen LogP contribution in [0.15, 0.2) is 57.9 Å². The third-order valence-electron chi connectivity index (χ3n) is 10.6. The number of rotatable bonds is 8. The first-order valence-electron chi connectivity index (χ1n) is 17.4. The van der Waals surface area contributed by atoms with Crippen LogP contribution in [-0.4, -0.2) is 36.1 Å². The van der Waals surface area contributed by atoms with Gasteiger partial charge in [0.2, 0.25) is 11.8 Å². The third-order valence-corrected chi connectivity index (χ3v) is 23.2. The Morgan fingerprint density at radius 1 is 0.479 bits per heavy atom. The molecule has 250 valence electrons. The van der Waals surface area contributed by atoms with Crippen LogP contribution < -0.4 is 0 Å². The van der Waals surface area contributed by atoms with Crippen LogP contribution in [0.1, 0.15) is 94.2 Å². The van der Waals surface area contributed by atoms with E-state index in [0.717, 1.165) is 11.1 Å². The fourth-order valence-electron chi connectivity index (χ4n) is 8.21. The van der Waals surface area contributed by atoms with Gasteiger partial charge in [0.25, 0.3) is 0 Å². The minimum Gasteiger partial charge on any atom is -0.435 e. The molecule has 0 bridgehead atoms. The van der Waals surface area contributed by atoms with E-state index in [1.165, 1.54) is 0 Å². The van der Waals surface area contributed by atoms with Gasteiger partial charge in [-0.2, -0.15) is 0 Å². The van der Waals surface area contributed by atoms with Gasteiger partial charge >= 0.3 is 0 Å². The Hall–Kier alpha value is -3.99. The van der Waals surface area contributed by atoms with Gasteiger partial charge in [-0.1, -0.05) is 94.9 Å². The van der Waals surface area contributed by atoms with Crippen molar-refractivity contribution in [1.82, 2.24) is 19.9 Å². The van der Waals surface area contributed by atoms with E-state index >= 15 is 0 Å². The number of fused-ring (bicyclic) bond motifs is 2. The number of oxazole rings is 2. The fourth-order valence-corrected chi connectivity index (χ4v) is 18.6. The van der Waals surface area contributed by atoms with Gasteiger partial charge in [-0.3, -0.25) is 9.97 Å². The molecular formula is C40H50N4O2Si2. The summed E-state index contributed by atoms with van der Waals surface area (Å²) in [6.07, 6.45) is 7.01. The van der Waals surface area contributed by atoms with Crippen LogP contribution in [0.25, 0.3) is 45.1 Å². The van der Waals surface area contributed by atoms with Crippen molar-refractivity contribution in [2.45, 2.75) is 116 Å². The maximum Gasteiger partial charge on any atom is 0.227 e. The van der Waals surface area contributed by atoms with E-state index in [0.29, 0.717) is 78.4 Å². The minimum atomic E-state index is -2.11. The molecule has 1 aromatic carbocycles. The lowest BCUT2D eigenvalue weighted by Gasteiger charge is -2.38. The van der Waals surface area contributed by atoms with Crippen molar-refractivity contribution in [3.05, 3.63) is 60.2 Å². The number of hydrogen-bond acceptors (Lipinski definition) is 6. The average molecular weight is 675 g/mol. The predicted molar refractivity (Wildman–Crippen MR) is 204 cm³/mol. The Morgan fingerprint density at radius 3 is 1.04 bits per heavy atom. The quantitative estimate of drug-likeness (QED) is 0.120. The molecule has 0 amide bonds. The topological polar surface area (TPSA) is 77.8 Å². The summed E-state index contributed by atoms with van der Waals surface area (Å²) in [5.41, 5.74) is 16.3. The Kier molecular flexibility index (Phi) is 10.2. The first kappa shape index (κ1) is 35.3. The van der Waals surface area contributed by atoms with E-state index < -0.39 is 16.1 Å². The first-order valence-corrected chi connectivity index (χ1v) is 21.9. The van der Waals surface area contributed by atoms with E-state index in [9.17, 15) is 0 Å². The minimum absolute atomic E-state index is 0.467. The summed E-state index contributed by atoms with van der Waals surface area (Å²) in [6.45, 7) is 27.9. The lowest BCUT2D eigenvalue weighted by Crippen LogP contribution is -2.43. The van der Waals surface area contributed by atoms with Crippen molar-refractivity contribution in [1.29, 1.82) is 0 Å². The van der Waals surface area contributed by atoms with Gasteiger partial charge in [-0.15, -0.1) is 11.1 Å². The molecule has 0 saturated heterocycles. The molecule has 48 heavy (non-hydrogen) atoms. The number of aromatic nitrogens is 4. The van der Waals surface area contributed by atoms with Gasteiger partial charge in [-0.25, -0.2) is 9.97 Å². The summed E-state index contributed by atoms with van der Waals surface area (Å²) >= 11 is 0. The van der Waals surface area contributed by atoms with E-state index in [1.807, 2.05) is 24.3 Å². The Bertz CT molecular complexity index is 1780. The van der Waals surface area contributed by atoms with Crippen LogP contribution in [-0.2, 0) is 0 Å². The molecule has 6 nitrogen and oxygen atoms in total. The van der Waals surface area contributed by atoms with Crippen LogP contribution in [0.2, 0.25) is 33.2 Å². The molecular weight excluding hydrogens is 625 g/mol. The Morgan fingerprint density at radius 2 is 0.771 bits per heavy atom. The van der Waals surface area contributed by atoms with Crippen LogP contribution in [0, 0.1) is 22.9 Å². The standard InChI is InChI=1S/C40H50N4O2Si2/c1-25(2)47(26(3)4,27(5)6)23-17-33-35-38(46-39(43-35)31-13-19-41-20-14-31)34(18-24-48(28(7)8,29(9)10)30(11)12)36-37(33)45-40(44-36)32-15-21-42-22-16-32/h13-16,19-22,25-30H,1-12H3. The predicted octanol–water partition coefficient (Wildman–Crippen LogP) is 11.2. The summed E-state index contributed by atoms with van der Waals surface area (Å²) in [4.78, 5) is 18.7. The second-order valence-corrected chi connectivity index (χ2v) is 26.1. The van der Waals surface area contributed by atoms with Gasteiger partial charge in [-0.05, 0) is 57.5 Å². The van der Waals surface area contributed by atoms with E-state index in [-0.39, 0.29) is 0 Å². The molecule has 0 N–H and O–H groups in total. The van der Waals surface area contributed by atoms with Crippen molar-refractivity contribution in [3.63, 3.8) is 0 Å². The molecule has 0 aliphatic heterocycles. The van der Waals surface area contributed by atoms with Crippen LogP contribution in [0.3, 0.4) is 0 Å². The summed E-state index contributed by atoms with van der Waals surface area (Å²) in [5, 5.41) is 0. The van der Waals surface area contributed by atoms with Crippen molar-refractivity contribution in [2.24, 2.45) is 0 Å². The zero-order chi connectivity index (χ0) is 35.0. The van der Waals surface area contributed by atoms with Crippen LogP contribution in [0.4, 0.5) is 0 Å². The van der Waals surface area contributed by atoms with Gasteiger partial charge in [0.15, 0.2) is 11.2 Å².